The minimum atomic E-state index is -0.296. The van der Waals surface area contributed by atoms with Crippen molar-refractivity contribution in [2.45, 2.75) is 26.3 Å². The number of hydrogen-bond acceptors (Lipinski definition) is 5. The van der Waals surface area contributed by atoms with Gasteiger partial charge in [0.15, 0.2) is 0 Å². The lowest BCUT2D eigenvalue weighted by atomic mass is 9.96. The molecule has 2 aromatic heterocycles. The number of amides is 1. The van der Waals surface area contributed by atoms with Gasteiger partial charge in [0.25, 0.3) is 0 Å². The molecule has 0 aliphatic carbocycles. The summed E-state index contributed by atoms with van der Waals surface area (Å²) in [6.45, 7) is 3.60. The summed E-state index contributed by atoms with van der Waals surface area (Å²) in [6.07, 6.45) is 6.62. The number of aromatic nitrogens is 4. The van der Waals surface area contributed by atoms with Crippen molar-refractivity contribution in [3.63, 3.8) is 0 Å². The number of benzene rings is 1. The van der Waals surface area contributed by atoms with Crippen molar-refractivity contribution in [3.05, 3.63) is 66.3 Å². The number of anilines is 1. The van der Waals surface area contributed by atoms with Crippen molar-refractivity contribution in [3.8, 4) is 5.82 Å². The topological polar surface area (TPSA) is 75.9 Å². The van der Waals surface area contributed by atoms with Crippen molar-refractivity contribution in [2.75, 3.05) is 18.0 Å². The molecule has 0 bridgehead atoms. The van der Waals surface area contributed by atoms with Crippen LogP contribution >= 0.6 is 0 Å². The highest BCUT2D eigenvalue weighted by Gasteiger charge is 2.26. The molecule has 8 heteroatoms. The highest BCUT2D eigenvalue weighted by Crippen LogP contribution is 2.23. The lowest BCUT2D eigenvalue weighted by Gasteiger charge is -2.32. The smallest absolute Gasteiger partial charge is 0.223 e. The molecule has 0 saturated carbocycles. The summed E-state index contributed by atoms with van der Waals surface area (Å²) in [5, 5.41) is 2.86. The lowest BCUT2D eigenvalue weighted by Crippen LogP contribution is -2.40. The molecule has 1 aliphatic rings. The molecule has 3 aromatic rings. The average molecular weight is 394 g/mol. The van der Waals surface area contributed by atoms with Gasteiger partial charge in [0.2, 0.25) is 5.91 Å². The second-order valence-electron chi connectivity index (χ2n) is 7.15. The molecule has 0 radical (unpaired) electrons. The number of piperidine rings is 1. The second-order valence-corrected chi connectivity index (χ2v) is 7.15. The van der Waals surface area contributed by atoms with E-state index >= 15 is 0 Å². The van der Waals surface area contributed by atoms with Gasteiger partial charge in [-0.25, -0.2) is 19.3 Å². The van der Waals surface area contributed by atoms with Gasteiger partial charge in [-0.05, 0) is 25.8 Å². The van der Waals surface area contributed by atoms with Crippen LogP contribution in [0.4, 0.5) is 10.2 Å². The molecule has 1 aliphatic heterocycles. The number of nitrogens with one attached hydrogen (secondary N) is 1. The van der Waals surface area contributed by atoms with E-state index in [4.69, 9.17) is 0 Å². The summed E-state index contributed by atoms with van der Waals surface area (Å²) in [5.41, 5.74) is 0.501. The van der Waals surface area contributed by atoms with Crippen molar-refractivity contribution in [2.24, 2.45) is 5.92 Å². The van der Waals surface area contributed by atoms with Gasteiger partial charge in [-0.1, -0.05) is 18.2 Å². The van der Waals surface area contributed by atoms with Crippen molar-refractivity contribution in [1.29, 1.82) is 0 Å². The van der Waals surface area contributed by atoms with E-state index < -0.39 is 0 Å². The Morgan fingerprint density at radius 3 is 2.66 bits per heavy atom. The monoisotopic (exact) mass is 394 g/mol. The van der Waals surface area contributed by atoms with Gasteiger partial charge >= 0.3 is 0 Å². The maximum atomic E-state index is 13.7. The number of carbonyl (C=O) groups excluding carboxylic acids is 1. The third kappa shape index (κ3) is 4.26. The molecule has 1 N–H and O–H groups in total. The highest BCUT2D eigenvalue weighted by molar-refractivity contribution is 5.79. The highest BCUT2D eigenvalue weighted by atomic mass is 19.1. The van der Waals surface area contributed by atoms with Crippen LogP contribution in [0.15, 0.2) is 49.1 Å². The van der Waals surface area contributed by atoms with E-state index in [-0.39, 0.29) is 24.2 Å². The quantitative estimate of drug-likeness (QED) is 0.720. The standard InChI is InChI=1S/C21H23FN6O/c1-15-23-8-11-28(15)20-12-19(25-14-26-20)27-9-6-16(7-10-27)21(29)24-13-17-4-2-3-5-18(17)22/h2-5,8,11-12,14,16H,6-7,9-10,13H2,1H3,(H,24,29). The first-order valence-electron chi connectivity index (χ1n) is 9.70. The van der Waals surface area contributed by atoms with Crippen LogP contribution in [0.25, 0.3) is 5.82 Å². The van der Waals surface area contributed by atoms with Gasteiger partial charge < -0.3 is 10.2 Å². The molecule has 7 nitrogen and oxygen atoms in total. The lowest BCUT2D eigenvalue weighted by molar-refractivity contribution is -0.125. The summed E-state index contributed by atoms with van der Waals surface area (Å²) in [6, 6.07) is 8.44. The van der Waals surface area contributed by atoms with Crippen LogP contribution in [0.3, 0.4) is 0 Å². The van der Waals surface area contributed by atoms with Crippen LogP contribution in [0.2, 0.25) is 0 Å². The van der Waals surface area contributed by atoms with Crippen LogP contribution < -0.4 is 10.2 Å². The maximum absolute atomic E-state index is 13.7. The number of aryl methyl sites for hydroxylation is 1. The first-order valence-corrected chi connectivity index (χ1v) is 9.70. The van der Waals surface area contributed by atoms with Crippen molar-refractivity contribution in [1.82, 2.24) is 24.8 Å². The Balaban J connectivity index is 1.34. The Labute approximate surface area is 168 Å². The minimum Gasteiger partial charge on any atom is -0.356 e. The van der Waals surface area contributed by atoms with Crippen LogP contribution in [-0.2, 0) is 11.3 Å². The Kier molecular flexibility index (Phi) is 5.50. The van der Waals surface area contributed by atoms with Gasteiger partial charge in [0, 0.05) is 49.6 Å². The summed E-state index contributed by atoms with van der Waals surface area (Å²) in [7, 11) is 0. The SMILES string of the molecule is Cc1nccn1-c1cc(N2CCC(C(=O)NCc3ccccc3F)CC2)ncn1. The van der Waals surface area contributed by atoms with E-state index in [1.165, 1.54) is 6.07 Å². The van der Waals surface area contributed by atoms with E-state index in [1.54, 1.807) is 30.7 Å². The number of halogens is 1. The van der Waals surface area contributed by atoms with Crippen LogP contribution in [0, 0.1) is 18.7 Å². The second kappa shape index (κ2) is 8.38. The third-order valence-corrected chi connectivity index (χ3v) is 5.31. The van der Waals surface area contributed by atoms with Crippen LogP contribution in [0.1, 0.15) is 24.2 Å². The molecule has 150 valence electrons. The zero-order valence-corrected chi connectivity index (χ0v) is 16.3. The van der Waals surface area contributed by atoms with Crippen LogP contribution in [-0.4, -0.2) is 38.5 Å². The molecule has 1 amide bonds. The fourth-order valence-corrected chi connectivity index (χ4v) is 3.60. The van der Waals surface area contributed by atoms with Gasteiger partial charge in [0.1, 0.15) is 29.6 Å². The fraction of sp³-hybridized carbons (Fsp3) is 0.333. The number of carbonyl (C=O) groups is 1. The predicted octanol–water partition coefficient (Wildman–Crippen LogP) is 2.64. The third-order valence-electron chi connectivity index (χ3n) is 5.31. The van der Waals surface area contributed by atoms with Crippen LogP contribution in [0.5, 0.6) is 0 Å². The molecule has 1 fully saturated rings. The number of imidazole rings is 1. The molecule has 0 atom stereocenters. The molecule has 4 rings (SSSR count). The van der Waals surface area contributed by atoms with E-state index in [2.05, 4.69) is 25.2 Å². The van der Waals surface area contributed by atoms with Gasteiger partial charge in [-0.3, -0.25) is 9.36 Å². The molecule has 29 heavy (non-hydrogen) atoms. The van der Waals surface area contributed by atoms with E-state index in [0.717, 1.165) is 43.4 Å². The average Bonchev–Trinajstić information content (AvgIpc) is 3.19. The number of nitrogens with zero attached hydrogens (tertiary/aromatic N) is 5. The Hall–Kier alpha value is -3.29. The molecule has 1 aromatic carbocycles. The first-order chi connectivity index (χ1) is 14.1. The summed E-state index contributed by atoms with van der Waals surface area (Å²) >= 11 is 0. The van der Waals surface area contributed by atoms with E-state index in [1.807, 2.05) is 23.8 Å². The first kappa shape index (κ1) is 19.0. The molecule has 0 unspecified atom stereocenters. The Bertz CT molecular complexity index is 996. The maximum Gasteiger partial charge on any atom is 0.223 e. The number of rotatable bonds is 5. The van der Waals surface area contributed by atoms with E-state index in [9.17, 15) is 9.18 Å². The molecule has 3 heterocycles. The molecule has 1 saturated heterocycles. The zero-order chi connectivity index (χ0) is 20.2. The van der Waals surface area contributed by atoms with Crippen molar-refractivity contribution < 1.29 is 9.18 Å². The summed E-state index contributed by atoms with van der Waals surface area (Å²) < 4.78 is 15.6. The number of hydrogen-bond donors (Lipinski definition) is 1. The largest absolute Gasteiger partial charge is 0.356 e. The predicted molar refractivity (Wildman–Crippen MR) is 107 cm³/mol. The minimum absolute atomic E-state index is 0.0229. The zero-order valence-electron chi connectivity index (χ0n) is 16.3. The van der Waals surface area contributed by atoms with Crippen molar-refractivity contribution >= 4 is 11.7 Å². The molecular weight excluding hydrogens is 371 g/mol. The normalized spacial score (nSPS) is 14.8. The fourth-order valence-electron chi connectivity index (χ4n) is 3.60. The van der Waals surface area contributed by atoms with Gasteiger partial charge in [-0.15, -0.1) is 0 Å². The van der Waals surface area contributed by atoms with Gasteiger partial charge in [0.05, 0.1) is 0 Å². The Morgan fingerprint density at radius 1 is 1.17 bits per heavy atom. The summed E-state index contributed by atoms with van der Waals surface area (Å²) in [5.74, 6) is 2.08. The summed E-state index contributed by atoms with van der Waals surface area (Å²) in [4.78, 5) is 27.6. The molecular formula is C21H23FN6O. The van der Waals surface area contributed by atoms with Gasteiger partial charge in [-0.2, -0.15) is 0 Å². The Morgan fingerprint density at radius 2 is 1.93 bits per heavy atom. The molecule has 0 spiro atoms. The van der Waals surface area contributed by atoms with E-state index in [0.29, 0.717) is 5.56 Å².